The zero-order chi connectivity index (χ0) is 19.5. The van der Waals surface area contributed by atoms with Crippen LogP contribution in [0.5, 0.6) is 5.75 Å². The van der Waals surface area contributed by atoms with Crippen molar-refractivity contribution in [2.45, 2.75) is 25.4 Å². The first-order valence-corrected chi connectivity index (χ1v) is 11.2. The van der Waals surface area contributed by atoms with E-state index in [9.17, 15) is 13.2 Å². The standard InChI is InChI=1S/C19H29N3O4S/c1-19(7-12-27(24,25)15-19)20-18(23)14-22-10-8-21(9-11-22)13-16-3-5-17(26-2)6-4-16/h3-6H,7-15H2,1-2H3,(H,20,23)/t19-/m1/s1. The third-order valence-electron chi connectivity index (χ3n) is 5.34. The Balaban J connectivity index is 1.42. The van der Waals surface area contributed by atoms with Crippen LogP contribution in [-0.4, -0.2) is 81.0 Å². The van der Waals surface area contributed by atoms with Crippen LogP contribution in [0.1, 0.15) is 18.9 Å². The first kappa shape index (κ1) is 20.1. The molecule has 0 aliphatic carbocycles. The molecule has 2 aliphatic heterocycles. The molecule has 0 unspecified atom stereocenters. The number of piperazine rings is 1. The highest BCUT2D eigenvalue weighted by Gasteiger charge is 2.39. The Morgan fingerprint density at radius 2 is 1.78 bits per heavy atom. The normalized spacial score (nSPS) is 26.0. The molecule has 27 heavy (non-hydrogen) atoms. The van der Waals surface area contributed by atoms with Crippen LogP contribution in [0.2, 0.25) is 0 Å². The minimum Gasteiger partial charge on any atom is -0.497 e. The summed E-state index contributed by atoms with van der Waals surface area (Å²) in [6.45, 7) is 6.52. The third kappa shape index (κ3) is 5.67. The Morgan fingerprint density at radius 3 is 2.33 bits per heavy atom. The highest BCUT2D eigenvalue weighted by atomic mass is 32.2. The van der Waals surface area contributed by atoms with Crippen molar-refractivity contribution in [1.29, 1.82) is 0 Å². The van der Waals surface area contributed by atoms with Gasteiger partial charge in [-0.05, 0) is 31.0 Å². The summed E-state index contributed by atoms with van der Waals surface area (Å²) in [5, 5.41) is 2.93. The SMILES string of the molecule is COc1ccc(CN2CCN(CC(=O)N[C@]3(C)CCS(=O)(=O)C3)CC2)cc1. The second kappa shape index (κ2) is 8.16. The molecule has 7 nitrogen and oxygen atoms in total. The minimum absolute atomic E-state index is 0.0430. The van der Waals surface area contributed by atoms with Gasteiger partial charge in [-0.1, -0.05) is 12.1 Å². The summed E-state index contributed by atoms with van der Waals surface area (Å²) in [6.07, 6.45) is 0.497. The van der Waals surface area contributed by atoms with Gasteiger partial charge in [-0.25, -0.2) is 8.42 Å². The summed E-state index contributed by atoms with van der Waals surface area (Å²) < 4.78 is 28.5. The van der Waals surface area contributed by atoms with Crippen LogP contribution in [0.25, 0.3) is 0 Å². The van der Waals surface area contributed by atoms with Crippen molar-refractivity contribution >= 4 is 15.7 Å². The van der Waals surface area contributed by atoms with Crippen LogP contribution in [0.4, 0.5) is 0 Å². The molecule has 1 amide bonds. The predicted octanol–water partition coefficient (Wildman–Crippen LogP) is 0.506. The van der Waals surface area contributed by atoms with Crippen molar-refractivity contribution in [1.82, 2.24) is 15.1 Å². The van der Waals surface area contributed by atoms with E-state index in [-0.39, 0.29) is 17.4 Å². The van der Waals surface area contributed by atoms with E-state index >= 15 is 0 Å². The Labute approximate surface area is 161 Å². The molecule has 2 heterocycles. The van der Waals surface area contributed by atoms with Gasteiger partial charge in [-0.3, -0.25) is 14.6 Å². The minimum atomic E-state index is -3.02. The Kier molecular flexibility index (Phi) is 6.08. The molecule has 0 spiro atoms. The number of hydrogen-bond acceptors (Lipinski definition) is 6. The van der Waals surface area contributed by atoms with E-state index in [2.05, 4.69) is 27.2 Å². The van der Waals surface area contributed by atoms with Gasteiger partial charge in [-0.2, -0.15) is 0 Å². The number of sulfone groups is 1. The Morgan fingerprint density at radius 1 is 1.15 bits per heavy atom. The van der Waals surface area contributed by atoms with Gasteiger partial charge in [0.25, 0.3) is 0 Å². The van der Waals surface area contributed by atoms with Crippen molar-refractivity contribution in [3.8, 4) is 5.75 Å². The van der Waals surface area contributed by atoms with Crippen molar-refractivity contribution < 1.29 is 17.9 Å². The van der Waals surface area contributed by atoms with E-state index in [4.69, 9.17) is 4.74 Å². The maximum atomic E-state index is 12.3. The van der Waals surface area contributed by atoms with Crippen LogP contribution < -0.4 is 10.1 Å². The fourth-order valence-electron chi connectivity index (χ4n) is 3.78. The molecule has 0 radical (unpaired) electrons. The summed E-state index contributed by atoms with van der Waals surface area (Å²) in [5.41, 5.74) is 0.629. The molecular weight excluding hydrogens is 366 g/mol. The third-order valence-corrected chi connectivity index (χ3v) is 7.24. The molecule has 1 atom stereocenters. The van der Waals surface area contributed by atoms with E-state index in [0.717, 1.165) is 38.5 Å². The number of benzene rings is 1. The van der Waals surface area contributed by atoms with Gasteiger partial charge in [0.1, 0.15) is 5.75 Å². The first-order chi connectivity index (χ1) is 12.8. The number of hydrogen-bond donors (Lipinski definition) is 1. The van der Waals surface area contributed by atoms with Crippen LogP contribution in [0.15, 0.2) is 24.3 Å². The number of amides is 1. The van der Waals surface area contributed by atoms with Gasteiger partial charge in [0.2, 0.25) is 5.91 Å². The number of carbonyl (C=O) groups excluding carboxylic acids is 1. The number of methoxy groups -OCH3 is 1. The van der Waals surface area contributed by atoms with Crippen molar-refractivity contribution in [2.75, 3.05) is 51.3 Å². The fraction of sp³-hybridized carbons (Fsp3) is 0.632. The lowest BCUT2D eigenvalue weighted by Gasteiger charge is -2.35. The number of rotatable bonds is 6. The quantitative estimate of drug-likeness (QED) is 0.756. The fourth-order valence-corrected chi connectivity index (χ4v) is 5.88. The monoisotopic (exact) mass is 395 g/mol. The lowest BCUT2D eigenvalue weighted by molar-refractivity contribution is -0.124. The summed E-state index contributed by atoms with van der Waals surface area (Å²) in [6, 6.07) is 8.10. The molecule has 1 aromatic carbocycles. The van der Waals surface area contributed by atoms with Crippen LogP contribution in [0, 0.1) is 0 Å². The van der Waals surface area contributed by atoms with Crippen molar-refractivity contribution in [2.24, 2.45) is 0 Å². The molecule has 150 valence electrons. The molecule has 0 saturated carbocycles. The van der Waals surface area contributed by atoms with Gasteiger partial charge in [0.15, 0.2) is 9.84 Å². The molecule has 1 N–H and O–H groups in total. The first-order valence-electron chi connectivity index (χ1n) is 9.36. The highest BCUT2D eigenvalue weighted by molar-refractivity contribution is 7.91. The van der Waals surface area contributed by atoms with Gasteiger partial charge < -0.3 is 10.1 Å². The van der Waals surface area contributed by atoms with Crippen molar-refractivity contribution in [3.05, 3.63) is 29.8 Å². The molecule has 8 heteroatoms. The molecule has 2 aliphatic rings. The lowest BCUT2D eigenvalue weighted by Crippen LogP contribution is -2.53. The zero-order valence-corrected chi connectivity index (χ0v) is 16.9. The topological polar surface area (TPSA) is 79.0 Å². The molecule has 0 aromatic heterocycles. The van der Waals surface area contributed by atoms with Crippen LogP contribution in [0.3, 0.4) is 0 Å². The van der Waals surface area contributed by atoms with Crippen LogP contribution in [-0.2, 0) is 21.2 Å². The van der Waals surface area contributed by atoms with Gasteiger partial charge in [0.05, 0.1) is 30.7 Å². The maximum absolute atomic E-state index is 12.3. The molecule has 1 aromatic rings. The number of nitrogens with zero attached hydrogens (tertiary/aromatic N) is 2. The van der Waals surface area contributed by atoms with E-state index in [1.807, 2.05) is 19.1 Å². The molecule has 0 bridgehead atoms. The summed E-state index contributed by atoms with van der Waals surface area (Å²) in [5.74, 6) is 0.978. The van der Waals surface area contributed by atoms with Gasteiger partial charge in [0, 0.05) is 32.7 Å². The summed E-state index contributed by atoms with van der Waals surface area (Å²) >= 11 is 0. The largest absolute Gasteiger partial charge is 0.497 e. The Hall–Kier alpha value is -1.64. The van der Waals surface area contributed by atoms with E-state index < -0.39 is 15.4 Å². The molecule has 2 fully saturated rings. The molecule has 3 rings (SSSR count). The van der Waals surface area contributed by atoms with E-state index in [0.29, 0.717) is 13.0 Å². The summed E-state index contributed by atoms with van der Waals surface area (Å²) in [4.78, 5) is 16.9. The second-order valence-electron chi connectivity index (χ2n) is 7.85. The van der Waals surface area contributed by atoms with Gasteiger partial charge in [-0.15, -0.1) is 0 Å². The van der Waals surface area contributed by atoms with Crippen molar-refractivity contribution in [3.63, 3.8) is 0 Å². The summed E-state index contributed by atoms with van der Waals surface area (Å²) in [7, 11) is -1.35. The maximum Gasteiger partial charge on any atom is 0.234 e. The highest BCUT2D eigenvalue weighted by Crippen LogP contribution is 2.22. The van der Waals surface area contributed by atoms with Crippen LogP contribution >= 0.6 is 0 Å². The Bertz CT molecular complexity index is 758. The zero-order valence-electron chi connectivity index (χ0n) is 16.1. The van der Waals surface area contributed by atoms with E-state index in [1.54, 1.807) is 7.11 Å². The second-order valence-corrected chi connectivity index (χ2v) is 10.0. The number of carbonyl (C=O) groups is 1. The van der Waals surface area contributed by atoms with E-state index in [1.165, 1.54) is 5.56 Å². The average Bonchev–Trinajstić information content (AvgIpc) is 2.90. The predicted molar refractivity (Wildman–Crippen MR) is 105 cm³/mol. The van der Waals surface area contributed by atoms with Gasteiger partial charge >= 0.3 is 0 Å². The smallest absolute Gasteiger partial charge is 0.234 e. The lowest BCUT2D eigenvalue weighted by atomic mass is 10.0. The number of nitrogens with one attached hydrogen (secondary N) is 1. The molecular formula is C19H29N3O4S. The average molecular weight is 396 g/mol. The molecule has 2 saturated heterocycles. The number of ether oxygens (including phenoxy) is 1.